The van der Waals surface area contributed by atoms with Crippen LogP contribution in [-0.4, -0.2) is 32.2 Å². The average molecular weight is 414 g/mol. The highest BCUT2D eigenvalue weighted by atomic mass is 16.6. The van der Waals surface area contributed by atoms with Crippen LogP contribution in [0.3, 0.4) is 0 Å². The molecule has 164 valence electrons. The molecule has 2 saturated carbocycles. The predicted molar refractivity (Wildman–Crippen MR) is 116 cm³/mol. The SMILES string of the molecule is ON1N(c2ccc3c(c2)C(O)(O)C=C3)NC2CCCCC21C1CCCCCCCC1. The van der Waals surface area contributed by atoms with Crippen molar-refractivity contribution in [3.63, 3.8) is 0 Å². The molecule has 6 heteroatoms. The van der Waals surface area contributed by atoms with Crippen molar-refractivity contribution >= 4 is 11.8 Å². The topological polar surface area (TPSA) is 79.2 Å². The summed E-state index contributed by atoms with van der Waals surface area (Å²) in [6, 6.07) is 5.82. The molecule has 1 heterocycles. The lowest BCUT2D eigenvalue weighted by Gasteiger charge is -2.46. The highest BCUT2D eigenvalue weighted by Crippen LogP contribution is 2.48. The molecule has 2 atom stereocenters. The normalized spacial score (nSPS) is 32.4. The summed E-state index contributed by atoms with van der Waals surface area (Å²) in [5.41, 5.74) is 5.31. The van der Waals surface area contributed by atoms with Gasteiger partial charge in [-0.2, -0.15) is 0 Å². The standard InChI is InChI=1S/C24H35N3O3/c28-24(29)16-14-18-12-13-20(17-21(18)24)26-25-22-11-7-8-15-23(22,27(26)30)19-9-5-3-1-2-4-6-10-19/h12-14,16-17,19,22,25,28-30H,1-11,15H2. The van der Waals surface area contributed by atoms with E-state index in [9.17, 15) is 15.4 Å². The summed E-state index contributed by atoms with van der Waals surface area (Å²) in [5, 5.41) is 35.4. The number of nitrogens with one attached hydrogen (secondary N) is 1. The van der Waals surface area contributed by atoms with E-state index in [-0.39, 0.29) is 11.6 Å². The minimum atomic E-state index is -1.95. The summed E-state index contributed by atoms with van der Waals surface area (Å²) < 4.78 is 0. The fraction of sp³-hybridized carbons (Fsp3) is 0.667. The van der Waals surface area contributed by atoms with Gasteiger partial charge in [0.15, 0.2) is 0 Å². The highest BCUT2D eigenvalue weighted by molar-refractivity contribution is 5.67. The van der Waals surface area contributed by atoms with Crippen molar-refractivity contribution < 1.29 is 15.4 Å². The summed E-state index contributed by atoms with van der Waals surface area (Å²) in [5.74, 6) is -1.48. The summed E-state index contributed by atoms with van der Waals surface area (Å²) in [6.45, 7) is 0. The third-order valence-corrected chi connectivity index (χ3v) is 8.00. The Morgan fingerprint density at radius 2 is 1.60 bits per heavy atom. The van der Waals surface area contributed by atoms with Gasteiger partial charge in [-0.3, -0.25) is 5.21 Å². The Bertz CT molecular complexity index is 801. The zero-order valence-corrected chi connectivity index (χ0v) is 17.8. The van der Waals surface area contributed by atoms with E-state index in [2.05, 4.69) is 5.43 Å². The molecule has 3 fully saturated rings. The first kappa shape index (κ1) is 20.5. The third-order valence-electron chi connectivity index (χ3n) is 8.00. The largest absolute Gasteiger partial charge is 0.359 e. The van der Waals surface area contributed by atoms with E-state index in [4.69, 9.17) is 0 Å². The number of benzene rings is 1. The second-order valence-corrected chi connectivity index (χ2v) is 9.75. The van der Waals surface area contributed by atoms with Gasteiger partial charge < -0.3 is 10.2 Å². The zero-order valence-electron chi connectivity index (χ0n) is 17.8. The first-order valence-corrected chi connectivity index (χ1v) is 11.9. The molecular weight excluding hydrogens is 378 g/mol. The van der Waals surface area contributed by atoms with Crippen molar-refractivity contribution in [3.05, 3.63) is 35.4 Å². The van der Waals surface area contributed by atoms with Crippen molar-refractivity contribution in [1.82, 2.24) is 10.6 Å². The van der Waals surface area contributed by atoms with E-state index in [1.54, 1.807) is 17.3 Å². The van der Waals surface area contributed by atoms with Crippen LogP contribution in [0.15, 0.2) is 24.3 Å². The Labute approximate surface area is 179 Å². The number of hydrogen-bond donors (Lipinski definition) is 4. The summed E-state index contributed by atoms with van der Waals surface area (Å²) >= 11 is 0. The van der Waals surface area contributed by atoms with Crippen LogP contribution in [0.5, 0.6) is 0 Å². The van der Waals surface area contributed by atoms with Gasteiger partial charge in [0, 0.05) is 5.56 Å². The maximum Gasteiger partial charge on any atom is 0.211 e. The molecule has 0 bridgehead atoms. The molecule has 4 aliphatic rings. The molecular formula is C24H35N3O3. The maximum absolute atomic E-state index is 11.6. The van der Waals surface area contributed by atoms with Crippen LogP contribution in [0.2, 0.25) is 0 Å². The molecule has 30 heavy (non-hydrogen) atoms. The maximum atomic E-state index is 11.6. The molecule has 1 aliphatic heterocycles. The Morgan fingerprint density at radius 1 is 0.900 bits per heavy atom. The van der Waals surface area contributed by atoms with Gasteiger partial charge in [0.25, 0.3) is 0 Å². The molecule has 0 aromatic heterocycles. The number of hydrogen-bond acceptors (Lipinski definition) is 6. The van der Waals surface area contributed by atoms with Gasteiger partial charge in [0.2, 0.25) is 5.79 Å². The Balaban J connectivity index is 1.47. The van der Waals surface area contributed by atoms with Gasteiger partial charge in [-0.15, -0.1) is 0 Å². The van der Waals surface area contributed by atoms with E-state index in [0.717, 1.165) is 30.5 Å². The number of rotatable bonds is 2. The minimum Gasteiger partial charge on any atom is -0.359 e. The van der Waals surface area contributed by atoms with Crippen LogP contribution < -0.4 is 10.5 Å². The zero-order chi connectivity index (χ0) is 20.8. The van der Waals surface area contributed by atoms with E-state index in [1.165, 1.54) is 69.0 Å². The number of hydroxylamine groups is 1. The van der Waals surface area contributed by atoms with Gasteiger partial charge in [0.05, 0.1) is 17.3 Å². The van der Waals surface area contributed by atoms with Crippen LogP contribution in [0.4, 0.5) is 5.69 Å². The van der Waals surface area contributed by atoms with Crippen molar-refractivity contribution in [2.24, 2.45) is 5.92 Å². The van der Waals surface area contributed by atoms with Crippen molar-refractivity contribution in [1.29, 1.82) is 0 Å². The monoisotopic (exact) mass is 413 g/mol. The van der Waals surface area contributed by atoms with Crippen LogP contribution >= 0.6 is 0 Å². The fourth-order valence-corrected chi connectivity index (χ4v) is 6.39. The molecule has 1 aromatic rings. The van der Waals surface area contributed by atoms with Crippen molar-refractivity contribution in [3.8, 4) is 0 Å². The van der Waals surface area contributed by atoms with E-state index in [1.807, 2.05) is 12.1 Å². The quantitative estimate of drug-likeness (QED) is 0.544. The minimum absolute atomic E-state index is 0.210. The molecule has 3 aliphatic carbocycles. The third kappa shape index (κ3) is 3.30. The molecule has 2 unspecified atom stereocenters. The first-order chi connectivity index (χ1) is 14.5. The summed E-state index contributed by atoms with van der Waals surface area (Å²) in [7, 11) is 0. The highest BCUT2D eigenvalue weighted by Gasteiger charge is 2.57. The predicted octanol–water partition coefficient (Wildman–Crippen LogP) is 4.21. The Morgan fingerprint density at radius 3 is 2.37 bits per heavy atom. The average Bonchev–Trinajstić information content (AvgIpc) is 3.27. The number of hydrazine groups is 2. The molecule has 1 saturated heterocycles. The summed E-state index contributed by atoms with van der Waals surface area (Å²) in [6.07, 6.45) is 17.6. The second kappa shape index (κ2) is 7.92. The molecule has 1 aromatic carbocycles. The molecule has 5 rings (SSSR count). The Hall–Kier alpha value is -1.44. The van der Waals surface area contributed by atoms with E-state index < -0.39 is 5.79 Å². The number of anilines is 1. The lowest BCUT2D eigenvalue weighted by atomic mass is 9.67. The lowest BCUT2D eigenvalue weighted by molar-refractivity contribution is -0.191. The number of aliphatic hydroxyl groups is 2. The number of nitrogens with zero attached hydrogens (tertiary/aromatic N) is 2. The van der Waals surface area contributed by atoms with Crippen LogP contribution in [-0.2, 0) is 5.79 Å². The Kier molecular flexibility index (Phi) is 5.40. The molecule has 6 nitrogen and oxygen atoms in total. The van der Waals surface area contributed by atoms with Gasteiger partial charge in [-0.05, 0) is 55.4 Å². The molecule has 0 radical (unpaired) electrons. The molecule has 0 spiro atoms. The lowest BCUT2D eigenvalue weighted by Crippen LogP contribution is -2.58. The number of fused-ring (bicyclic) bond motifs is 2. The molecule has 0 amide bonds. The van der Waals surface area contributed by atoms with Gasteiger partial charge in [-0.25, -0.2) is 10.5 Å². The van der Waals surface area contributed by atoms with Crippen molar-refractivity contribution in [2.75, 3.05) is 5.12 Å². The molecule has 4 N–H and O–H groups in total. The first-order valence-electron chi connectivity index (χ1n) is 11.9. The summed E-state index contributed by atoms with van der Waals surface area (Å²) in [4.78, 5) is 0. The van der Waals surface area contributed by atoms with E-state index in [0.29, 0.717) is 11.5 Å². The van der Waals surface area contributed by atoms with Gasteiger partial charge in [-0.1, -0.05) is 68.7 Å². The fourth-order valence-electron chi connectivity index (χ4n) is 6.39. The van der Waals surface area contributed by atoms with Crippen LogP contribution in [0.1, 0.15) is 88.2 Å². The smallest absolute Gasteiger partial charge is 0.211 e. The van der Waals surface area contributed by atoms with Gasteiger partial charge in [0.1, 0.15) is 0 Å². The van der Waals surface area contributed by atoms with Gasteiger partial charge >= 0.3 is 0 Å². The van der Waals surface area contributed by atoms with Crippen LogP contribution in [0, 0.1) is 5.92 Å². The van der Waals surface area contributed by atoms with Crippen molar-refractivity contribution in [2.45, 2.75) is 94.4 Å². The van der Waals surface area contributed by atoms with Crippen LogP contribution in [0.25, 0.3) is 6.08 Å². The van der Waals surface area contributed by atoms with E-state index >= 15 is 0 Å². The second-order valence-electron chi connectivity index (χ2n) is 9.75.